The minimum atomic E-state index is -4.27. The Balaban J connectivity index is 2.89. The summed E-state index contributed by atoms with van der Waals surface area (Å²) in [5, 5.41) is 8.98. The third kappa shape index (κ3) is 2.24. The number of aromatic amines is 1. The highest BCUT2D eigenvalue weighted by Gasteiger charge is 2.10. The minimum Gasteiger partial charge on any atom is -0.745 e. The van der Waals surface area contributed by atoms with Gasteiger partial charge in [0, 0.05) is 6.92 Å². The van der Waals surface area contributed by atoms with Crippen LogP contribution in [-0.4, -0.2) is 28.5 Å². The molecule has 0 aromatic carbocycles. The Labute approximate surface area is 62.8 Å². The summed E-state index contributed by atoms with van der Waals surface area (Å²) < 4.78 is 31.6. The Morgan fingerprint density at radius 1 is 1.73 bits per heavy atom. The maximum Gasteiger partial charge on any atom is 0.298 e. The first kappa shape index (κ1) is 8.08. The second kappa shape index (κ2) is 2.55. The summed E-state index contributed by atoms with van der Waals surface area (Å²) >= 11 is 0. The smallest absolute Gasteiger partial charge is 0.298 e. The van der Waals surface area contributed by atoms with Crippen molar-refractivity contribution in [2.75, 3.05) is 0 Å². The van der Waals surface area contributed by atoms with Gasteiger partial charge in [0.25, 0.3) is 5.82 Å². The number of hydrogen-bond acceptors (Lipinski definition) is 5. The molecule has 0 unspecified atom stereocenters. The van der Waals surface area contributed by atoms with E-state index in [1.54, 1.807) is 0 Å². The number of nitrogens with zero attached hydrogens (tertiary/aromatic N) is 3. The molecule has 0 bridgehead atoms. The van der Waals surface area contributed by atoms with Crippen LogP contribution in [0.4, 0.5) is 0 Å². The van der Waals surface area contributed by atoms with E-state index >= 15 is 0 Å². The van der Waals surface area contributed by atoms with Crippen LogP contribution >= 0.6 is 0 Å². The maximum atomic E-state index is 10.2. The summed E-state index contributed by atoms with van der Waals surface area (Å²) in [6.45, 7) is 1.54. The second-order valence-corrected chi connectivity index (χ2v) is 3.34. The molecule has 7 nitrogen and oxygen atoms in total. The molecule has 1 aromatic rings. The van der Waals surface area contributed by atoms with E-state index in [9.17, 15) is 13.0 Å². The van der Waals surface area contributed by atoms with E-state index < -0.39 is 16.0 Å². The van der Waals surface area contributed by atoms with Crippen molar-refractivity contribution in [1.29, 1.82) is 0 Å². The van der Waals surface area contributed by atoms with Gasteiger partial charge in [0.2, 0.25) is 0 Å². The molecule has 0 fully saturated rings. The molecule has 0 aliphatic heterocycles. The van der Waals surface area contributed by atoms with Gasteiger partial charge in [-0.05, 0) is 0 Å². The molecule has 0 radical (unpaired) electrons. The molecular formula is C3H6N4O3S. The van der Waals surface area contributed by atoms with Crippen LogP contribution in [0.15, 0.2) is 0 Å². The van der Waals surface area contributed by atoms with Crippen LogP contribution in [0.5, 0.6) is 0 Å². The van der Waals surface area contributed by atoms with Crippen LogP contribution in [-0.2, 0) is 16.0 Å². The number of rotatable bonds is 2. The fraction of sp³-hybridized carbons (Fsp3) is 0.667. The van der Waals surface area contributed by atoms with Crippen LogP contribution in [0.25, 0.3) is 0 Å². The molecule has 1 heterocycles. The fourth-order valence-corrected chi connectivity index (χ4v) is 1.12. The van der Waals surface area contributed by atoms with Crippen LogP contribution in [0.3, 0.4) is 0 Å². The zero-order chi connectivity index (χ0) is 8.48. The van der Waals surface area contributed by atoms with Crippen molar-refractivity contribution in [3.63, 3.8) is 0 Å². The Bertz CT molecular complexity index is 341. The summed E-state index contributed by atoms with van der Waals surface area (Å²) in [7, 11) is -4.27. The number of aryl methyl sites for hydroxylation is 1. The zero-order valence-corrected chi connectivity index (χ0v) is 6.50. The summed E-state index contributed by atoms with van der Waals surface area (Å²) in [4.78, 5) is 0. The monoisotopic (exact) mass is 178 g/mol. The van der Waals surface area contributed by atoms with E-state index in [4.69, 9.17) is 0 Å². The van der Waals surface area contributed by atoms with Crippen molar-refractivity contribution in [3.05, 3.63) is 5.82 Å². The molecule has 1 rings (SSSR count). The molecule has 11 heavy (non-hydrogen) atoms. The predicted octanol–water partition coefficient (Wildman–Crippen LogP) is -2.10. The van der Waals surface area contributed by atoms with Gasteiger partial charge in [-0.1, -0.05) is 5.21 Å². The van der Waals surface area contributed by atoms with Crippen LogP contribution in [0.1, 0.15) is 5.82 Å². The second-order valence-electron chi connectivity index (χ2n) is 1.96. The van der Waals surface area contributed by atoms with Gasteiger partial charge in [-0.2, -0.15) is 0 Å². The lowest BCUT2D eigenvalue weighted by Crippen LogP contribution is -2.42. The van der Waals surface area contributed by atoms with E-state index in [-0.39, 0.29) is 0 Å². The van der Waals surface area contributed by atoms with Gasteiger partial charge < -0.3 is 4.55 Å². The molecule has 8 heteroatoms. The average Bonchev–Trinajstić information content (AvgIpc) is 2.12. The molecule has 0 atom stereocenters. The lowest BCUT2D eigenvalue weighted by Gasteiger charge is -2.01. The largest absolute Gasteiger partial charge is 0.745 e. The van der Waals surface area contributed by atoms with Gasteiger partial charge in [-0.25, -0.2) is 8.42 Å². The van der Waals surface area contributed by atoms with E-state index in [1.807, 2.05) is 0 Å². The fourth-order valence-electron chi connectivity index (χ4n) is 0.555. The van der Waals surface area contributed by atoms with E-state index in [0.29, 0.717) is 5.82 Å². The topological polar surface area (TPSA) is 103 Å². The van der Waals surface area contributed by atoms with Gasteiger partial charge in [-0.3, -0.25) is 0 Å². The molecule has 0 saturated heterocycles. The predicted molar refractivity (Wildman–Crippen MR) is 31.0 cm³/mol. The zero-order valence-electron chi connectivity index (χ0n) is 5.68. The minimum absolute atomic E-state index is 0.351. The number of hydrogen-bond donors (Lipinski definition) is 1. The highest BCUT2D eigenvalue weighted by Crippen LogP contribution is 1.81. The van der Waals surface area contributed by atoms with Crippen molar-refractivity contribution < 1.29 is 17.7 Å². The van der Waals surface area contributed by atoms with Crippen molar-refractivity contribution in [3.8, 4) is 0 Å². The first-order chi connectivity index (χ1) is 4.99. The van der Waals surface area contributed by atoms with Crippen LogP contribution < -0.4 is 4.68 Å². The van der Waals surface area contributed by atoms with Crippen molar-refractivity contribution >= 4 is 10.1 Å². The van der Waals surface area contributed by atoms with Gasteiger partial charge in [0.05, 0.1) is 0 Å². The van der Waals surface area contributed by atoms with Gasteiger partial charge in [0.15, 0.2) is 11.1 Å². The number of aromatic nitrogens is 4. The number of tetrazole rings is 1. The maximum absolute atomic E-state index is 10.2. The quantitative estimate of drug-likeness (QED) is 0.413. The highest BCUT2D eigenvalue weighted by atomic mass is 32.2. The normalized spacial score (nSPS) is 11.8. The lowest BCUT2D eigenvalue weighted by molar-refractivity contribution is -0.742. The SMILES string of the molecule is Cc1nn[nH][n+]1CS(=O)(=O)[O-]. The molecule has 0 aliphatic carbocycles. The van der Waals surface area contributed by atoms with Crippen molar-refractivity contribution in [1.82, 2.24) is 15.5 Å². The van der Waals surface area contributed by atoms with Crippen molar-refractivity contribution in [2.24, 2.45) is 0 Å². The molecule has 0 aliphatic rings. The third-order valence-corrected chi connectivity index (χ3v) is 1.61. The Hall–Kier alpha value is -1.02. The molecular weight excluding hydrogens is 172 g/mol. The molecule has 1 aromatic heterocycles. The van der Waals surface area contributed by atoms with Crippen LogP contribution in [0.2, 0.25) is 0 Å². The van der Waals surface area contributed by atoms with E-state index in [1.165, 1.54) is 6.92 Å². The summed E-state index contributed by atoms with van der Waals surface area (Å²) in [6, 6.07) is 0. The lowest BCUT2D eigenvalue weighted by atomic mass is 10.7. The average molecular weight is 178 g/mol. The Morgan fingerprint density at radius 2 is 2.36 bits per heavy atom. The van der Waals surface area contributed by atoms with E-state index in [2.05, 4.69) is 15.5 Å². The summed E-state index contributed by atoms with van der Waals surface area (Å²) in [5.41, 5.74) is 0. The Morgan fingerprint density at radius 3 is 2.73 bits per heavy atom. The summed E-state index contributed by atoms with van der Waals surface area (Å²) in [5.74, 6) is -0.310. The first-order valence-corrected chi connectivity index (χ1v) is 4.28. The standard InChI is InChI=1S/C3H6N4O3S/c1-3-4-5-6-7(3)2-11(8,9)10/h2H2,1H3,(H,8,9,10). The highest BCUT2D eigenvalue weighted by molar-refractivity contribution is 7.84. The van der Waals surface area contributed by atoms with Gasteiger partial charge >= 0.3 is 0 Å². The van der Waals surface area contributed by atoms with Crippen LogP contribution in [0, 0.1) is 6.92 Å². The molecule has 0 spiro atoms. The number of H-pyrrole nitrogens is 1. The molecule has 62 valence electrons. The first-order valence-electron chi connectivity index (χ1n) is 2.70. The molecule has 0 amide bonds. The van der Waals surface area contributed by atoms with Gasteiger partial charge in [0.1, 0.15) is 15.2 Å². The third-order valence-electron chi connectivity index (χ3n) is 1.04. The number of nitrogens with one attached hydrogen (secondary N) is 1. The van der Waals surface area contributed by atoms with E-state index in [0.717, 1.165) is 4.68 Å². The van der Waals surface area contributed by atoms with Crippen molar-refractivity contribution in [2.45, 2.75) is 12.8 Å². The molecule has 0 saturated carbocycles. The Kier molecular flexibility index (Phi) is 1.87. The summed E-state index contributed by atoms with van der Waals surface area (Å²) in [6.07, 6.45) is 0. The van der Waals surface area contributed by atoms with Gasteiger partial charge in [-0.15, -0.1) is 4.68 Å². The molecule has 1 N–H and O–H groups in total.